The second-order valence-electron chi connectivity index (χ2n) is 8.07. The summed E-state index contributed by atoms with van der Waals surface area (Å²) >= 11 is 0. The Balaban J connectivity index is 1.64. The largest absolute Gasteiger partial charge is 0.0623 e. The fraction of sp³-hybridized carbons (Fsp3) is 0. The summed E-state index contributed by atoms with van der Waals surface area (Å²) in [6.45, 7) is 0. The maximum absolute atomic E-state index is 7.91. The zero-order valence-corrected chi connectivity index (χ0v) is 17.6. The quantitative estimate of drug-likeness (QED) is 0.257. The zero-order chi connectivity index (χ0) is 22.2. The van der Waals surface area contributed by atoms with Crippen LogP contribution < -0.4 is 0 Å². The van der Waals surface area contributed by atoms with Gasteiger partial charge in [-0.15, -0.1) is 0 Å². The molecule has 0 N–H and O–H groups in total. The van der Waals surface area contributed by atoms with E-state index < -0.39 is 0 Å². The molecule has 0 saturated carbocycles. The van der Waals surface area contributed by atoms with Gasteiger partial charge in [0.2, 0.25) is 0 Å². The van der Waals surface area contributed by atoms with Crippen LogP contribution in [0.1, 0.15) is 1.37 Å². The average molecular weight is 408 g/mol. The van der Waals surface area contributed by atoms with E-state index in [1.54, 1.807) is 0 Å². The van der Waals surface area contributed by atoms with Crippen molar-refractivity contribution in [3.05, 3.63) is 133 Å². The molecule has 0 aliphatic heterocycles. The van der Waals surface area contributed by atoms with Crippen LogP contribution >= 0.6 is 0 Å². The SMILES string of the molecule is [2H]c1ccc(-c2c3ccccc3c(-c3ccc(-c4ccccc4)cc3)c3ccccc23)cc1. The van der Waals surface area contributed by atoms with Crippen LogP contribution in [0.2, 0.25) is 0 Å². The standard InChI is InChI=1S/C32H22/c1-3-11-23(12-4-1)24-19-21-26(22-20-24)32-29-17-9-7-15-27(29)31(25-13-5-2-6-14-25)28-16-8-10-18-30(28)32/h1-22H/i2D. The van der Waals surface area contributed by atoms with Gasteiger partial charge in [0, 0.05) is 0 Å². The van der Waals surface area contributed by atoms with Gasteiger partial charge in [0.15, 0.2) is 0 Å². The summed E-state index contributed by atoms with van der Waals surface area (Å²) in [4.78, 5) is 0. The van der Waals surface area contributed by atoms with Gasteiger partial charge in [-0.2, -0.15) is 0 Å². The molecule has 0 radical (unpaired) electrons. The van der Waals surface area contributed by atoms with E-state index in [9.17, 15) is 0 Å². The Morgan fingerprint density at radius 2 is 0.656 bits per heavy atom. The highest BCUT2D eigenvalue weighted by Crippen LogP contribution is 2.43. The van der Waals surface area contributed by atoms with Crippen molar-refractivity contribution in [1.29, 1.82) is 0 Å². The van der Waals surface area contributed by atoms with E-state index in [0.29, 0.717) is 6.04 Å². The van der Waals surface area contributed by atoms with E-state index in [4.69, 9.17) is 1.37 Å². The molecule has 0 nitrogen and oxygen atoms in total. The summed E-state index contributed by atoms with van der Waals surface area (Å²) in [5.74, 6) is 0. The van der Waals surface area contributed by atoms with Crippen LogP contribution in [-0.2, 0) is 0 Å². The minimum atomic E-state index is 0.530. The number of fused-ring (bicyclic) bond motifs is 2. The predicted molar refractivity (Wildman–Crippen MR) is 138 cm³/mol. The molecule has 32 heavy (non-hydrogen) atoms. The average Bonchev–Trinajstić information content (AvgIpc) is 2.88. The molecule has 0 aliphatic rings. The van der Waals surface area contributed by atoms with Gasteiger partial charge in [-0.3, -0.25) is 0 Å². The maximum Gasteiger partial charge on any atom is 0.0623 e. The van der Waals surface area contributed by atoms with Crippen molar-refractivity contribution in [2.75, 3.05) is 0 Å². The molecule has 0 atom stereocenters. The van der Waals surface area contributed by atoms with Gasteiger partial charge in [0.1, 0.15) is 0 Å². The number of hydrogen-bond acceptors (Lipinski definition) is 0. The first-order valence-electron chi connectivity index (χ1n) is 11.5. The first-order chi connectivity index (χ1) is 16.3. The van der Waals surface area contributed by atoms with E-state index in [1.807, 2.05) is 12.1 Å². The van der Waals surface area contributed by atoms with Gasteiger partial charge in [-0.05, 0) is 54.9 Å². The topological polar surface area (TPSA) is 0 Å². The highest BCUT2D eigenvalue weighted by molar-refractivity contribution is 6.21. The molecule has 0 aliphatic carbocycles. The van der Waals surface area contributed by atoms with Crippen molar-refractivity contribution in [2.45, 2.75) is 0 Å². The van der Waals surface area contributed by atoms with E-state index in [-0.39, 0.29) is 0 Å². The van der Waals surface area contributed by atoms with Crippen molar-refractivity contribution in [3.63, 3.8) is 0 Å². The maximum atomic E-state index is 7.91. The van der Waals surface area contributed by atoms with Crippen molar-refractivity contribution in [1.82, 2.24) is 0 Å². The summed E-state index contributed by atoms with van der Waals surface area (Å²) < 4.78 is 7.91. The molecule has 0 heterocycles. The Labute approximate surface area is 189 Å². The third kappa shape index (κ3) is 3.09. The lowest BCUT2D eigenvalue weighted by molar-refractivity contribution is 1.61. The van der Waals surface area contributed by atoms with Crippen LogP contribution in [0, 0.1) is 0 Å². The number of rotatable bonds is 3. The lowest BCUT2D eigenvalue weighted by Crippen LogP contribution is -1.90. The molecule has 0 saturated heterocycles. The van der Waals surface area contributed by atoms with Crippen LogP contribution in [0.5, 0.6) is 0 Å². The Morgan fingerprint density at radius 3 is 1.16 bits per heavy atom. The van der Waals surface area contributed by atoms with Gasteiger partial charge >= 0.3 is 0 Å². The van der Waals surface area contributed by atoms with Crippen molar-refractivity contribution >= 4 is 21.5 Å². The molecule has 0 aromatic heterocycles. The second-order valence-corrected chi connectivity index (χ2v) is 8.07. The van der Waals surface area contributed by atoms with Crippen LogP contribution in [0.15, 0.2) is 133 Å². The Morgan fingerprint density at radius 1 is 0.312 bits per heavy atom. The molecular formula is C32H22. The third-order valence-corrected chi connectivity index (χ3v) is 6.22. The first-order valence-corrected chi connectivity index (χ1v) is 11.0. The van der Waals surface area contributed by atoms with E-state index in [2.05, 4.69) is 115 Å². The number of hydrogen-bond donors (Lipinski definition) is 0. The number of benzene rings is 6. The Hall–Kier alpha value is -4.16. The Bertz CT molecular complexity index is 1520. The molecular weight excluding hydrogens is 384 g/mol. The molecule has 0 fully saturated rings. The lowest BCUT2D eigenvalue weighted by Gasteiger charge is -2.18. The molecule has 0 amide bonds. The van der Waals surface area contributed by atoms with Crippen LogP contribution in [-0.4, -0.2) is 0 Å². The van der Waals surface area contributed by atoms with Gasteiger partial charge in [-0.1, -0.05) is 133 Å². The fourth-order valence-electron chi connectivity index (χ4n) is 4.76. The normalized spacial score (nSPS) is 11.6. The molecule has 6 aromatic carbocycles. The molecule has 0 spiro atoms. The molecule has 0 heteroatoms. The monoisotopic (exact) mass is 407 g/mol. The molecule has 150 valence electrons. The first kappa shape index (κ1) is 17.5. The van der Waals surface area contributed by atoms with Gasteiger partial charge < -0.3 is 0 Å². The Kier molecular flexibility index (Phi) is 4.29. The highest BCUT2D eigenvalue weighted by atomic mass is 14.2. The minimum absolute atomic E-state index is 0.530. The molecule has 6 rings (SSSR count). The highest BCUT2D eigenvalue weighted by Gasteiger charge is 2.16. The second kappa shape index (κ2) is 7.83. The molecule has 6 aromatic rings. The third-order valence-electron chi connectivity index (χ3n) is 6.22. The minimum Gasteiger partial charge on any atom is -0.0622 e. The summed E-state index contributed by atoms with van der Waals surface area (Å²) in [6.07, 6.45) is 0. The van der Waals surface area contributed by atoms with Crippen LogP contribution in [0.25, 0.3) is 54.9 Å². The molecule has 0 bridgehead atoms. The predicted octanol–water partition coefficient (Wildman–Crippen LogP) is 8.99. The smallest absolute Gasteiger partial charge is 0.0622 e. The van der Waals surface area contributed by atoms with Gasteiger partial charge in [-0.25, -0.2) is 0 Å². The zero-order valence-electron chi connectivity index (χ0n) is 18.6. The van der Waals surface area contributed by atoms with E-state index >= 15 is 0 Å². The van der Waals surface area contributed by atoms with E-state index in [0.717, 1.165) is 5.56 Å². The summed E-state index contributed by atoms with van der Waals surface area (Å²) in [7, 11) is 0. The van der Waals surface area contributed by atoms with Gasteiger partial charge in [0.25, 0.3) is 0 Å². The van der Waals surface area contributed by atoms with Crippen molar-refractivity contribution < 1.29 is 1.37 Å². The van der Waals surface area contributed by atoms with Crippen LogP contribution in [0.3, 0.4) is 0 Å². The summed E-state index contributed by atoms with van der Waals surface area (Å²) in [5, 5.41) is 4.95. The van der Waals surface area contributed by atoms with Crippen molar-refractivity contribution in [2.24, 2.45) is 0 Å². The van der Waals surface area contributed by atoms with Gasteiger partial charge in [0.05, 0.1) is 1.37 Å². The van der Waals surface area contributed by atoms with Crippen molar-refractivity contribution in [3.8, 4) is 33.4 Å². The summed E-state index contributed by atoms with van der Waals surface area (Å²) in [6, 6.07) is 45.2. The molecule has 0 unspecified atom stereocenters. The fourth-order valence-corrected chi connectivity index (χ4v) is 4.76. The van der Waals surface area contributed by atoms with Crippen LogP contribution in [0.4, 0.5) is 0 Å². The summed E-state index contributed by atoms with van der Waals surface area (Å²) in [5.41, 5.74) is 7.30. The van der Waals surface area contributed by atoms with E-state index in [1.165, 1.54) is 49.4 Å². The lowest BCUT2D eigenvalue weighted by atomic mass is 9.86.